The highest BCUT2D eigenvalue weighted by Crippen LogP contribution is 2.32. The second-order valence-electron chi connectivity index (χ2n) is 12.4. The predicted molar refractivity (Wildman–Crippen MR) is 199 cm³/mol. The van der Waals surface area contributed by atoms with E-state index in [0.717, 1.165) is 21.6 Å². The van der Waals surface area contributed by atoms with Crippen LogP contribution >= 0.6 is 21.6 Å². The number of nitrogens with two attached hydrogens (primary N) is 3. The van der Waals surface area contributed by atoms with Crippen LogP contribution in [0.15, 0.2) is 12.7 Å². The molecule has 8 atom stereocenters. The van der Waals surface area contributed by atoms with Crippen molar-refractivity contribution in [2.45, 2.75) is 74.4 Å². The zero-order chi connectivity index (χ0) is 43.1. The number of rotatable bonds is 24. The maximum Gasteiger partial charge on any atom is 0.323 e. The van der Waals surface area contributed by atoms with E-state index in [1.807, 2.05) is 0 Å². The van der Waals surface area contributed by atoms with Crippen molar-refractivity contribution in [3.8, 4) is 0 Å². The molecule has 15 N–H and O–H groups in total. The van der Waals surface area contributed by atoms with Gasteiger partial charge in [-0.25, -0.2) is 15.0 Å². The van der Waals surface area contributed by atoms with Crippen LogP contribution in [0.4, 0.5) is 5.82 Å². The number of nitrogens with zero attached hydrogens (tertiary/aromatic N) is 4. The highest BCUT2D eigenvalue weighted by Gasteiger charge is 2.45. The molecule has 1 aliphatic rings. The van der Waals surface area contributed by atoms with E-state index in [-0.39, 0.29) is 47.7 Å². The van der Waals surface area contributed by atoms with E-state index < -0.39 is 122 Å². The van der Waals surface area contributed by atoms with E-state index >= 15 is 0 Å². The Bertz CT molecular complexity index is 1820. The number of carboxylic acid groups (broad SMARTS) is 3. The number of aliphatic hydroxyl groups excluding tert-OH is 2. The van der Waals surface area contributed by atoms with E-state index in [2.05, 4.69) is 36.2 Å². The fourth-order valence-corrected chi connectivity index (χ4v) is 7.27. The summed E-state index contributed by atoms with van der Waals surface area (Å²) in [6.45, 7) is -2.10. The number of nitrogens with one attached hydrogen (secondary N) is 4. The van der Waals surface area contributed by atoms with Crippen molar-refractivity contribution >= 4 is 86.1 Å². The Morgan fingerprint density at radius 1 is 0.810 bits per heavy atom. The lowest BCUT2D eigenvalue weighted by Gasteiger charge is -2.20. The van der Waals surface area contributed by atoms with Gasteiger partial charge >= 0.3 is 23.9 Å². The van der Waals surface area contributed by atoms with Gasteiger partial charge in [-0.05, 0) is 12.8 Å². The normalized spacial score (nSPS) is 19.6. The molecule has 3 heterocycles. The summed E-state index contributed by atoms with van der Waals surface area (Å²) in [5, 5.41) is 57.0. The van der Waals surface area contributed by atoms with Gasteiger partial charge in [-0.2, -0.15) is 0 Å². The number of carboxylic acids is 3. The van der Waals surface area contributed by atoms with Crippen LogP contribution in [0.1, 0.15) is 31.9 Å². The van der Waals surface area contributed by atoms with Crippen LogP contribution < -0.4 is 38.5 Å². The minimum Gasteiger partial charge on any atom is -0.480 e. The third-order valence-electron chi connectivity index (χ3n) is 8.06. The van der Waals surface area contributed by atoms with E-state index in [0.29, 0.717) is 0 Å². The topological polar surface area (TPSA) is 426 Å². The van der Waals surface area contributed by atoms with Crippen molar-refractivity contribution in [1.29, 1.82) is 0 Å². The van der Waals surface area contributed by atoms with Crippen molar-refractivity contribution in [1.82, 2.24) is 40.8 Å². The zero-order valence-electron chi connectivity index (χ0n) is 30.3. The molecule has 1 fully saturated rings. The summed E-state index contributed by atoms with van der Waals surface area (Å²) in [5.74, 6) is -8.74. The molecule has 2 aromatic heterocycles. The maximum absolute atomic E-state index is 12.8. The first kappa shape index (κ1) is 47.0. The Labute approximate surface area is 335 Å². The number of carbonyl (C=O) groups excluding carboxylic acids is 5. The molecule has 0 bridgehead atoms. The number of nitrogen functional groups attached to an aromatic ring is 1. The Balaban J connectivity index is 1.51. The molecule has 3 rings (SSSR count). The smallest absolute Gasteiger partial charge is 0.323 e. The lowest BCUT2D eigenvalue weighted by atomic mass is 10.1. The molecule has 0 radical (unpaired) electrons. The van der Waals surface area contributed by atoms with Gasteiger partial charge in [0, 0.05) is 24.3 Å². The molecule has 320 valence electrons. The number of anilines is 1. The quantitative estimate of drug-likeness (QED) is 0.0266. The van der Waals surface area contributed by atoms with Gasteiger partial charge in [-0.15, -0.1) is 0 Å². The van der Waals surface area contributed by atoms with Gasteiger partial charge in [-0.1, -0.05) is 21.6 Å². The van der Waals surface area contributed by atoms with Gasteiger partial charge in [-0.3, -0.25) is 42.9 Å². The number of hydrogen-bond donors (Lipinski definition) is 12. The van der Waals surface area contributed by atoms with Crippen molar-refractivity contribution in [2.75, 3.05) is 36.9 Å². The predicted octanol–water partition coefficient (Wildman–Crippen LogP) is -5.38. The Morgan fingerprint density at radius 2 is 1.34 bits per heavy atom. The van der Waals surface area contributed by atoms with Crippen molar-refractivity contribution < 1.29 is 73.4 Å². The van der Waals surface area contributed by atoms with Crippen molar-refractivity contribution in [2.24, 2.45) is 11.5 Å². The average Bonchev–Trinajstić information content (AvgIpc) is 3.73. The number of esters is 1. The van der Waals surface area contributed by atoms with Crippen LogP contribution in [-0.2, 0) is 47.8 Å². The summed E-state index contributed by atoms with van der Waals surface area (Å²) < 4.78 is 12.2. The first-order valence-electron chi connectivity index (χ1n) is 17.1. The summed E-state index contributed by atoms with van der Waals surface area (Å²) in [5.41, 5.74) is 17.6. The minimum atomic E-state index is -1.51. The molecule has 26 nitrogen and oxygen atoms in total. The SMILES string of the molecule is Nc1ncnc2c1ncn2[C@@H]1O[C@H](COC(=O)C(N)CCC(=O)NC(CSSCC(NC(=O)CCC(N)C(=O)O)C(=O)NCC(=O)O)C(=O)NCC(=O)O)[C@@H](O)[C@H]1O. The van der Waals surface area contributed by atoms with Gasteiger partial charge in [0.2, 0.25) is 23.6 Å². The third-order valence-corrected chi connectivity index (χ3v) is 10.5. The van der Waals surface area contributed by atoms with E-state index in [9.17, 15) is 48.6 Å². The van der Waals surface area contributed by atoms with E-state index in [1.54, 1.807) is 0 Å². The molecule has 1 aliphatic heterocycles. The molecular formula is C30H43N11O15S2. The minimum absolute atomic E-state index is 0.0766. The molecule has 4 amide bonds. The largest absolute Gasteiger partial charge is 0.480 e. The molecule has 0 saturated carbocycles. The van der Waals surface area contributed by atoms with Crippen LogP contribution in [-0.4, -0.2) is 166 Å². The van der Waals surface area contributed by atoms with Crippen LogP contribution in [0.5, 0.6) is 0 Å². The summed E-state index contributed by atoms with van der Waals surface area (Å²) in [6.07, 6.45) is -4.25. The van der Waals surface area contributed by atoms with Crippen LogP contribution in [0, 0.1) is 0 Å². The molecule has 2 aromatic rings. The lowest BCUT2D eigenvalue weighted by Crippen LogP contribution is -2.50. The first-order chi connectivity index (χ1) is 27.4. The van der Waals surface area contributed by atoms with E-state index in [4.69, 9.17) is 42.0 Å². The van der Waals surface area contributed by atoms with E-state index in [1.165, 1.54) is 17.2 Å². The van der Waals surface area contributed by atoms with Crippen molar-refractivity contribution in [3.63, 3.8) is 0 Å². The number of carbonyl (C=O) groups is 8. The molecule has 58 heavy (non-hydrogen) atoms. The van der Waals surface area contributed by atoms with Gasteiger partial charge in [0.25, 0.3) is 0 Å². The summed E-state index contributed by atoms with van der Waals surface area (Å²) in [7, 11) is 1.83. The molecule has 0 aliphatic carbocycles. The number of aliphatic hydroxyl groups is 2. The fraction of sp³-hybridized carbons (Fsp3) is 0.567. The van der Waals surface area contributed by atoms with Gasteiger partial charge in [0.05, 0.1) is 6.33 Å². The molecule has 1 saturated heterocycles. The van der Waals surface area contributed by atoms with Crippen LogP contribution in [0.2, 0.25) is 0 Å². The summed E-state index contributed by atoms with van der Waals surface area (Å²) >= 11 is 0. The Kier molecular flexibility index (Phi) is 18.2. The monoisotopic (exact) mass is 861 g/mol. The van der Waals surface area contributed by atoms with Crippen molar-refractivity contribution in [3.05, 3.63) is 12.7 Å². The molecular weight excluding hydrogens is 819 g/mol. The van der Waals surface area contributed by atoms with Gasteiger partial charge in [0.15, 0.2) is 17.7 Å². The molecule has 4 unspecified atom stereocenters. The van der Waals surface area contributed by atoms with Gasteiger partial charge < -0.3 is 73.5 Å². The number of hydrogen-bond acceptors (Lipinski definition) is 20. The standard InChI is InChI=1S/C30H43N11O15S2/c31-12(29(52)53)1-3-17(42)39-14(26(50)34-5-19(44)45)8-57-58-9-15(27(51)35-6-20(46)47)40-18(43)4-2-13(32)30(54)55-7-16-22(48)23(49)28(56-16)41-11-38-21-24(33)36-10-37-25(21)41/h10-16,22-23,28,48-49H,1-9,31-32H2,(H,34,50)(H,35,51)(H,39,42)(H,40,43)(H,44,45)(H,46,47)(H,52,53)(H2,33,36,37)/t12?,13?,14?,15?,16-,22-,23-,28-/m1/s1. The first-order valence-corrected chi connectivity index (χ1v) is 19.6. The second kappa shape index (κ2) is 22.5. The lowest BCUT2D eigenvalue weighted by molar-refractivity contribution is -0.152. The molecule has 28 heteroatoms. The Hall–Kier alpha value is -5.39. The number of fused-ring (bicyclic) bond motifs is 1. The number of amides is 4. The zero-order valence-corrected chi connectivity index (χ0v) is 31.9. The maximum atomic E-state index is 12.8. The summed E-state index contributed by atoms with van der Waals surface area (Å²) in [4.78, 5) is 108. The Morgan fingerprint density at radius 3 is 1.86 bits per heavy atom. The van der Waals surface area contributed by atoms with Gasteiger partial charge in [0.1, 0.15) is 74.0 Å². The highest BCUT2D eigenvalue weighted by atomic mass is 33.1. The fourth-order valence-electron chi connectivity index (χ4n) is 4.94. The number of ether oxygens (including phenoxy) is 2. The van der Waals surface area contributed by atoms with Crippen LogP contribution in [0.3, 0.4) is 0 Å². The third kappa shape index (κ3) is 14.2. The number of aliphatic carboxylic acids is 3. The average molecular weight is 862 g/mol. The summed E-state index contributed by atoms with van der Waals surface area (Å²) in [6, 6.07) is -5.38. The second-order valence-corrected chi connectivity index (χ2v) is 15.0. The van der Waals surface area contributed by atoms with Crippen LogP contribution in [0.25, 0.3) is 11.2 Å². The number of imidazole rings is 1. The highest BCUT2D eigenvalue weighted by molar-refractivity contribution is 8.76. The molecule has 0 spiro atoms. The molecule has 0 aromatic carbocycles. The number of aromatic nitrogens is 4.